The van der Waals surface area contributed by atoms with Crippen LogP contribution in [0.1, 0.15) is 11.3 Å². The van der Waals surface area contributed by atoms with E-state index in [9.17, 15) is 8.42 Å². The van der Waals surface area contributed by atoms with E-state index in [4.69, 9.17) is 11.6 Å². The topological polar surface area (TPSA) is 75.7 Å². The number of aryl methyl sites for hydroxylation is 1. The average Bonchev–Trinajstić information content (AvgIpc) is 3.07. The Bertz CT molecular complexity index is 1250. The van der Waals surface area contributed by atoms with Gasteiger partial charge >= 0.3 is 0 Å². The highest BCUT2D eigenvalue weighted by Crippen LogP contribution is 2.25. The minimum absolute atomic E-state index is 0.154. The van der Waals surface area contributed by atoms with E-state index in [-0.39, 0.29) is 10.6 Å². The molecule has 1 N–H and O–H groups in total. The van der Waals surface area contributed by atoms with Gasteiger partial charge < -0.3 is 4.98 Å². The summed E-state index contributed by atoms with van der Waals surface area (Å²) in [6, 6.07) is 17.5. The van der Waals surface area contributed by atoms with E-state index in [1.54, 1.807) is 42.5 Å². The molecule has 136 valence electrons. The summed E-state index contributed by atoms with van der Waals surface area (Å²) in [5.41, 5.74) is 3.51. The van der Waals surface area contributed by atoms with Gasteiger partial charge in [-0.05, 0) is 48.9 Å². The van der Waals surface area contributed by atoms with Gasteiger partial charge in [-0.25, -0.2) is 18.4 Å². The van der Waals surface area contributed by atoms with Gasteiger partial charge in [0.1, 0.15) is 5.69 Å². The zero-order valence-electron chi connectivity index (χ0n) is 14.5. The largest absolute Gasteiger partial charge is 0.337 e. The van der Waals surface area contributed by atoms with Crippen LogP contribution in [0.2, 0.25) is 5.02 Å². The second-order valence-corrected chi connectivity index (χ2v) is 8.68. The Morgan fingerprint density at radius 2 is 1.81 bits per heavy atom. The number of nitrogens with zero attached hydrogens (tertiary/aromatic N) is 2. The molecule has 2 heterocycles. The molecule has 27 heavy (non-hydrogen) atoms. The number of imidazole rings is 1. The van der Waals surface area contributed by atoms with Crippen molar-refractivity contribution in [2.75, 3.05) is 0 Å². The number of benzene rings is 2. The number of H-pyrrole nitrogens is 1. The second-order valence-electron chi connectivity index (χ2n) is 6.28. The lowest BCUT2D eigenvalue weighted by Gasteiger charge is -2.06. The van der Waals surface area contributed by atoms with E-state index in [1.807, 2.05) is 25.1 Å². The molecular formula is C20H16ClN3O2S. The van der Waals surface area contributed by atoms with Crippen LogP contribution in [0.3, 0.4) is 0 Å². The van der Waals surface area contributed by atoms with E-state index in [0.717, 1.165) is 5.69 Å². The summed E-state index contributed by atoms with van der Waals surface area (Å²) in [4.78, 5) is 12.3. The molecule has 0 atom stereocenters. The zero-order valence-corrected chi connectivity index (χ0v) is 16.1. The Morgan fingerprint density at radius 3 is 2.59 bits per heavy atom. The third kappa shape index (κ3) is 3.59. The van der Waals surface area contributed by atoms with Crippen LogP contribution < -0.4 is 0 Å². The van der Waals surface area contributed by atoms with Crippen molar-refractivity contribution in [3.8, 4) is 11.5 Å². The van der Waals surface area contributed by atoms with Gasteiger partial charge in [-0.3, -0.25) is 0 Å². The lowest BCUT2D eigenvalue weighted by atomic mass is 10.2. The summed E-state index contributed by atoms with van der Waals surface area (Å²) in [7, 11) is -3.54. The van der Waals surface area contributed by atoms with Gasteiger partial charge in [-0.1, -0.05) is 35.9 Å². The molecule has 0 saturated carbocycles. The lowest BCUT2D eigenvalue weighted by Crippen LogP contribution is -2.05. The average molecular weight is 398 g/mol. The number of sulfone groups is 1. The molecule has 0 saturated heterocycles. The normalized spacial score (nSPS) is 11.8. The van der Waals surface area contributed by atoms with Gasteiger partial charge in [0.25, 0.3) is 0 Å². The molecule has 0 aliphatic carbocycles. The summed E-state index contributed by atoms with van der Waals surface area (Å²) >= 11 is 6.11. The molecule has 0 radical (unpaired) electrons. The predicted molar refractivity (Wildman–Crippen MR) is 106 cm³/mol. The Kier molecular flexibility index (Phi) is 4.45. The van der Waals surface area contributed by atoms with Crippen molar-refractivity contribution in [3.63, 3.8) is 0 Å². The molecule has 5 nitrogen and oxygen atoms in total. The van der Waals surface area contributed by atoms with Gasteiger partial charge in [0.05, 0.1) is 21.7 Å². The van der Waals surface area contributed by atoms with Crippen molar-refractivity contribution in [2.24, 2.45) is 0 Å². The quantitative estimate of drug-likeness (QED) is 0.547. The molecule has 0 amide bonds. The van der Waals surface area contributed by atoms with Crippen LogP contribution >= 0.6 is 11.6 Å². The third-order valence-electron chi connectivity index (χ3n) is 4.25. The fraction of sp³-hybridized carbons (Fsp3) is 0.100. The van der Waals surface area contributed by atoms with Gasteiger partial charge in [0, 0.05) is 10.7 Å². The van der Waals surface area contributed by atoms with Crippen LogP contribution in [0.5, 0.6) is 0 Å². The number of hydrogen-bond acceptors (Lipinski definition) is 4. The van der Waals surface area contributed by atoms with Gasteiger partial charge in [-0.15, -0.1) is 0 Å². The molecule has 2 aromatic carbocycles. The minimum Gasteiger partial charge on any atom is -0.337 e. The first-order chi connectivity index (χ1) is 12.9. The van der Waals surface area contributed by atoms with Crippen molar-refractivity contribution < 1.29 is 8.42 Å². The monoisotopic (exact) mass is 397 g/mol. The van der Waals surface area contributed by atoms with Gasteiger partial charge in [-0.2, -0.15) is 0 Å². The van der Waals surface area contributed by atoms with Crippen LogP contribution in [0.25, 0.3) is 22.6 Å². The first-order valence-electron chi connectivity index (χ1n) is 8.32. The number of rotatable bonds is 4. The first kappa shape index (κ1) is 17.7. The molecular weight excluding hydrogens is 382 g/mol. The Balaban J connectivity index is 1.72. The minimum atomic E-state index is -3.54. The van der Waals surface area contributed by atoms with E-state index in [1.165, 1.54) is 0 Å². The molecule has 0 aliphatic heterocycles. The standard InChI is InChI=1S/C20H16ClN3O2S/c1-13-5-4-8-18(22-13)20-23-17-10-9-15(11-19(17)24-20)27(25,26)12-14-6-2-3-7-16(14)21/h2-11H,12H2,1H3,(H,23,24). The zero-order chi connectivity index (χ0) is 19.0. The molecule has 0 fully saturated rings. The molecule has 4 rings (SSSR count). The number of pyridine rings is 1. The van der Waals surface area contributed by atoms with Gasteiger partial charge in [0.2, 0.25) is 0 Å². The van der Waals surface area contributed by atoms with E-state index < -0.39 is 9.84 Å². The predicted octanol–water partition coefficient (Wildman–Crippen LogP) is 4.56. The van der Waals surface area contributed by atoms with Crippen LogP contribution in [0, 0.1) is 6.92 Å². The van der Waals surface area contributed by atoms with Crippen molar-refractivity contribution in [1.29, 1.82) is 0 Å². The number of halogens is 1. The number of nitrogens with one attached hydrogen (secondary N) is 1. The van der Waals surface area contributed by atoms with Crippen LogP contribution in [-0.2, 0) is 15.6 Å². The Labute approximate surface area is 162 Å². The number of fused-ring (bicyclic) bond motifs is 1. The highest BCUT2D eigenvalue weighted by Gasteiger charge is 2.18. The van der Waals surface area contributed by atoms with Crippen LogP contribution in [0.15, 0.2) is 65.6 Å². The summed E-state index contributed by atoms with van der Waals surface area (Å²) < 4.78 is 25.6. The third-order valence-corrected chi connectivity index (χ3v) is 6.28. The van der Waals surface area contributed by atoms with Crippen molar-refractivity contribution >= 4 is 32.5 Å². The van der Waals surface area contributed by atoms with Crippen LogP contribution in [-0.4, -0.2) is 23.4 Å². The molecule has 0 aliphatic rings. The molecule has 2 aromatic heterocycles. The van der Waals surface area contributed by atoms with E-state index in [0.29, 0.717) is 33.1 Å². The fourth-order valence-corrected chi connectivity index (χ4v) is 4.56. The highest BCUT2D eigenvalue weighted by molar-refractivity contribution is 7.90. The van der Waals surface area contributed by atoms with Crippen LogP contribution in [0.4, 0.5) is 0 Å². The summed E-state index contributed by atoms with van der Waals surface area (Å²) in [6.07, 6.45) is 0. The number of hydrogen-bond donors (Lipinski definition) is 1. The van der Waals surface area contributed by atoms with E-state index in [2.05, 4.69) is 15.0 Å². The number of aromatic amines is 1. The molecule has 0 spiro atoms. The Hall–Kier alpha value is -2.70. The van der Waals surface area contributed by atoms with E-state index >= 15 is 0 Å². The fourth-order valence-electron chi connectivity index (χ4n) is 2.88. The molecule has 0 unspecified atom stereocenters. The first-order valence-corrected chi connectivity index (χ1v) is 10.4. The van der Waals surface area contributed by atoms with Gasteiger partial charge in [0.15, 0.2) is 15.7 Å². The van der Waals surface area contributed by atoms with Crippen molar-refractivity contribution in [3.05, 3.63) is 76.9 Å². The Morgan fingerprint density at radius 1 is 1.00 bits per heavy atom. The summed E-state index contributed by atoms with van der Waals surface area (Å²) in [6.45, 7) is 1.91. The maximum absolute atomic E-state index is 12.8. The van der Waals surface area contributed by atoms with Crippen molar-refractivity contribution in [1.82, 2.24) is 15.0 Å². The smallest absolute Gasteiger partial charge is 0.182 e. The maximum Gasteiger partial charge on any atom is 0.182 e. The number of aromatic nitrogens is 3. The molecule has 7 heteroatoms. The van der Waals surface area contributed by atoms with Crippen molar-refractivity contribution in [2.45, 2.75) is 17.6 Å². The molecule has 4 aromatic rings. The summed E-state index contributed by atoms with van der Waals surface area (Å²) in [5, 5.41) is 0.441. The lowest BCUT2D eigenvalue weighted by molar-refractivity contribution is 0.595. The SMILES string of the molecule is Cc1cccc(-c2nc3ccc(S(=O)(=O)Cc4ccccc4Cl)cc3[nH]2)n1. The molecule has 0 bridgehead atoms. The maximum atomic E-state index is 12.8. The second kappa shape index (κ2) is 6.79. The highest BCUT2D eigenvalue weighted by atomic mass is 35.5. The summed E-state index contributed by atoms with van der Waals surface area (Å²) in [5.74, 6) is 0.452.